The van der Waals surface area contributed by atoms with Gasteiger partial charge in [0.25, 0.3) is 5.91 Å². The standard InChI is InChI=1S/C29H35N11O2/c1-5-13-39(29(42)27-32-17-33-36-27)20(6-2)9-11-24-25(18(4)41)26(30)40-28(35-24)21(16-34-40)19-8-10-22(31-15-19)23-12-14-38(7-3)37-23/h8,10,12,14-17,20H,5-7,9,11,13,30H2,1-4H3,(H,32,33,36)/t20-/m1/s1. The summed E-state index contributed by atoms with van der Waals surface area (Å²) in [6.07, 6.45) is 9.24. The number of aromatic amines is 1. The van der Waals surface area contributed by atoms with Crippen LogP contribution in [0.2, 0.25) is 0 Å². The number of hydrogen-bond acceptors (Lipinski definition) is 9. The molecular weight excluding hydrogens is 534 g/mol. The Bertz CT molecular complexity index is 1690. The van der Waals surface area contributed by atoms with Gasteiger partial charge in [0, 0.05) is 42.7 Å². The number of hydrogen-bond donors (Lipinski definition) is 2. The summed E-state index contributed by atoms with van der Waals surface area (Å²) in [4.78, 5) is 41.3. The molecule has 0 unspecified atom stereocenters. The Morgan fingerprint density at radius 1 is 1.10 bits per heavy atom. The first-order valence-electron chi connectivity index (χ1n) is 14.2. The summed E-state index contributed by atoms with van der Waals surface area (Å²) in [6.45, 7) is 8.93. The number of nitrogens with one attached hydrogen (secondary N) is 1. The quantitative estimate of drug-likeness (QED) is 0.212. The maximum atomic E-state index is 13.2. The number of Topliss-reactive ketones (excluding diaryl/α,β-unsaturated/α-hetero) is 1. The SMILES string of the molecule is CCCN(C(=O)c1ncn[nH]1)[C@H](CC)CCc1nc2c(-c3ccc(-c4ccn(CC)n4)nc3)cnn2c(N)c1C(C)=O. The summed E-state index contributed by atoms with van der Waals surface area (Å²) in [5.41, 5.74) is 11.1. The number of aryl methyl sites for hydroxylation is 2. The maximum absolute atomic E-state index is 13.2. The third-order valence-electron chi connectivity index (χ3n) is 7.38. The van der Waals surface area contributed by atoms with Crippen molar-refractivity contribution < 1.29 is 9.59 Å². The molecule has 13 nitrogen and oxygen atoms in total. The first kappa shape index (κ1) is 28.6. The molecule has 13 heteroatoms. The van der Waals surface area contributed by atoms with E-state index in [-0.39, 0.29) is 29.4 Å². The van der Waals surface area contributed by atoms with E-state index in [9.17, 15) is 9.59 Å². The summed E-state index contributed by atoms with van der Waals surface area (Å²) in [6, 6.07) is 5.70. The zero-order valence-corrected chi connectivity index (χ0v) is 24.3. The molecule has 0 aromatic carbocycles. The average molecular weight is 570 g/mol. The van der Waals surface area contributed by atoms with E-state index in [1.165, 1.54) is 17.8 Å². The molecule has 5 rings (SSSR count). The number of fused-ring (bicyclic) bond motifs is 1. The molecule has 0 radical (unpaired) electrons. The molecule has 3 N–H and O–H groups in total. The number of nitrogens with zero attached hydrogens (tertiary/aromatic N) is 9. The summed E-state index contributed by atoms with van der Waals surface area (Å²) >= 11 is 0. The molecule has 5 heterocycles. The van der Waals surface area contributed by atoms with Gasteiger partial charge in [0.2, 0.25) is 5.82 Å². The van der Waals surface area contributed by atoms with E-state index in [1.54, 1.807) is 12.4 Å². The zero-order chi connectivity index (χ0) is 29.8. The van der Waals surface area contributed by atoms with Crippen LogP contribution < -0.4 is 5.73 Å². The van der Waals surface area contributed by atoms with E-state index < -0.39 is 0 Å². The number of aromatic nitrogens is 9. The minimum absolute atomic E-state index is 0.0982. The normalized spacial score (nSPS) is 12.1. The van der Waals surface area contributed by atoms with Crippen molar-refractivity contribution in [3.63, 3.8) is 0 Å². The van der Waals surface area contributed by atoms with E-state index in [0.29, 0.717) is 36.3 Å². The van der Waals surface area contributed by atoms with Crippen molar-refractivity contribution >= 4 is 23.2 Å². The molecule has 0 spiro atoms. The van der Waals surface area contributed by atoms with Crippen molar-refractivity contribution in [2.45, 2.75) is 66.0 Å². The number of carbonyl (C=O) groups is 2. The summed E-state index contributed by atoms with van der Waals surface area (Å²) < 4.78 is 3.35. The number of nitrogen functional groups attached to an aromatic ring is 1. The van der Waals surface area contributed by atoms with Gasteiger partial charge in [-0.25, -0.2) is 9.97 Å². The van der Waals surface area contributed by atoms with E-state index in [1.807, 2.05) is 54.7 Å². The second-order valence-corrected chi connectivity index (χ2v) is 10.1. The molecule has 218 valence electrons. The van der Waals surface area contributed by atoms with Crippen LogP contribution in [-0.4, -0.2) is 73.7 Å². The van der Waals surface area contributed by atoms with Crippen molar-refractivity contribution in [3.05, 3.63) is 60.2 Å². The lowest BCUT2D eigenvalue weighted by atomic mass is 10.0. The molecule has 42 heavy (non-hydrogen) atoms. The van der Waals surface area contributed by atoms with Crippen LogP contribution in [0.5, 0.6) is 0 Å². The molecule has 5 aromatic heterocycles. The Labute approximate surface area is 243 Å². The predicted molar refractivity (Wildman–Crippen MR) is 158 cm³/mol. The van der Waals surface area contributed by atoms with E-state index in [0.717, 1.165) is 41.9 Å². The Hall–Kier alpha value is -4.94. The van der Waals surface area contributed by atoms with Gasteiger partial charge in [0.05, 0.1) is 23.1 Å². The van der Waals surface area contributed by atoms with Crippen LogP contribution in [-0.2, 0) is 13.0 Å². The lowest BCUT2D eigenvalue weighted by Crippen LogP contribution is -2.41. The van der Waals surface area contributed by atoms with Crippen LogP contribution >= 0.6 is 0 Å². The molecule has 0 bridgehead atoms. The smallest absolute Gasteiger partial charge is 0.291 e. The van der Waals surface area contributed by atoms with Gasteiger partial charge in [-0.05, 0) is 51.7 Å². The average Bonchev–Trinajstić information content (AvgIpc) is 3.78. The number of pyridine rings is 1. The van der Waals surface area contributed by atoms with E-state index in [4.69, 9.17) is 10.7 Å². The number of rotatable bonds is 12. The number of ketones is 1. The van der Waals surface area contributed by atoms with Crippen LogP contribution in [0.15, 0.2) is 43.1 Å². The molecule has 0 aliphatic carbocycles. The van der Waals surface area contributed by atoms with Crippen molar-refractivity contribution in [2.75, 3.05) is 12.3 Å². The number of amides is 1. The Morgan fingerprint density at radius 2 is 1.93 bits per heavy atom. The molecule has 0 saturated carbocycles. The van der Waals surface area contributed by atoms with Crippen LogP contribution in [0.4, 0.5) is 5.82 Å². The highest BCUT2D eigenvalue weighted by molar-refractivity contribution is 6.00. The highest BCUT2D eigenvalue weighted by Gasteiger charge is 2.27. The van der Waals surface area contributed by atoms with Crippen LogP contribution in [0.3, 0.4) is 0 Å². The van der Waals surface area contributed by atoms with Gasteiger partial charge in [-0.15, -0.1) is 0 Å². The van der Waals surface area contributed by atoms with Gasteiger partial charge in [0.15, 0.2) is 11.4 Å². The van der Waals surface area contributed by atoms with Crippen LogP contribution in [0.25, 0.3) is 28.2 Å². The Balaban J connectivity index is 1.46. The minimum Gasteiger partial charge on any atom is -0.383 e. The van der Waals surface area contributed by atoms with Crippen molar-refractivity contribution in [2.24, 2.45) is 0 Å². The maximum Gasteiger partial charge on any atom is 0.291 e. The third-order valence-corrected chi connectivity index (χ3v) is 7.38. The van der Waals surface area contributed by atoms with E-state index in [2.05, 4.69) is 30.4 Å². The van der Waals surface area contributed by atoms with Crippen LogP contribution in [0, 0.1) is 0 Å². The van der Waals surface area contributed by atoms with Gasteiger partial charge in [-0.2, -0.15) is 19.8 Å². The Kier molecular flexibility index (Phi) is 8.36. The molecule has 0 aliphatic heterocycles. The van der Waals surface area contributed by atoms with Crippen molar-refractivity contribution in [1.29, 1.82) is 0 Å². The molecule has 1 amide bonds. The molecular formula is C29H35N11O2. The fourth-order valence-electron chi connectivity index (χ4n) is 5.23. The van der Waals surface area contributed by atoms with Crippen molar-refractivity contribution in [1.82, 2.24) is 49.4 Å². The fourth-order valence-corrected chi connectivity index (χ4v) is 5.23. The summed E-state index contributed by atoms with van der Waals surface area (Å²) in [5, 5.41) is 15.5. The van der Waals surface area contributed by atoms with Gasteiger partial charge in [-0.1, -0.05) is 19.9 Å². The zero-order valence-electron chi connectivity index (χ0n) is 24.3. The monoisotopic (exact) mass is 569 g/mol. The second kappa shape index (κ2) is 12.3. The van der Waals surface area contributed by atoms with E-state index >= 15 is 0 Å². The predicted octanol–water partition coefficient (Wildman–Crippen LogP) is 3.84. The van der Waals surface area contributed by atoms with Gasteiger partial charge in [-0.3, -0.25) is 24.4 Å². The Morgan fingerprint density at radius 3 is 2.55 bits per heavy atom. The largest absolute Gasteiger partial charge is 0.383 e. The van der Waals surface area contributed by atoms with Gasteiger partial charge in [0.1, 0.15) is 17.8 Å². The molecule has 0 saturated heterocycles. The third kappa shape index (κ3) is 5.49. The van der Waals surface area contributed by atoms with Crippen LogP contribution in [0.1, 0.15) is 73.6 Å². The lowest BCUT2D eigenvalue weighted by molar-refractivity contribution is 0.0650. The topological polar surface area (TPSA) is 166 Å². The molecule has 5 aromatic rings. The molecule has 0 fully saturated rings. The van der Waals surface area contributed by atoms with Crippen molar-refractivity contribution in [3.8, 4) is 22.5 Å². The fraction of sp³-hybridized carbons (Fsp3) is 0.379. The second-order valence-electron chi connectivity index (χ2n) is 10.1. The van der Waals surface area contributed by atoms with Gasteiger partial charge < -0.3 is 10.6 Å². The number of nitrogens with two attached hydrogens (primary N) is 1. The number of H-pyrrole nitrogens is 1. The first-order chi connectivity index (χ1) is 20.4. The summed E-state index contributed by atoms with van der Waals surface area (Å²) in [5.74, 6) is 0.0473. The number of anilines is 1. The summed E-state index contributed by atoms with van der Waals surface area (Å²) in [7, 11) is 0. The highest BCUT2D eigenvalue weighted by atomic mass is 16.2. The van der Waals surface area contributed by atoms with Gasteiger partial charge >= 0.3 is 0 Å². The molecule has 1 atom stereocenters. The number of carbonyl (C=O) groups excluding carboxylic acids is 2. The minimum atomic E-state index is -0.202. The highest BCUT2D eigenvalue weighted by Crippen LogP contribution is 2.29. The first-order valence-corrected chi connectivity index (χ1v) is 14.2. The lowest BCUT2D eigenvalue weighted by Gasteiger charge is -2.30. The molecule has 0 aliphatic rings.